The van der Waals surface area contributed by atoms with Crippen LogP contribution in [-0.2, 0) is 0 Å². The first kappa shape index (κ1) is 74.4. The first-order chi connectivity index (χ1) is 48.0. The quantitative estimate of drug-likeness (QED) is 0.0482. The highest BCUT2D eigenvalue weighted by Gasteiger charge is 2.34. The van der Waals surface area contributed by atoms with Crippen LogP contribution in [0.15, 0.2) is 146 Å². The third kappa shape index (κ3) is 22.3. The molecule has 6 aliphatic rings. The van der Waals surface area contributed by atoms with E-state index in [0.29, 0.717) is 50.3 Å². The van der Waals surface area contributed by atoms with Gasteiger partial charge in [-0.2, -0.15) is 0 Å². The average molecular weight is 1410 g/mol. The number of anilines is 6. The monoisotopic (exact) mass is 1410 g/mol. The van der Waals surface area contributed by atoms with Crippen LogP contribution in [0.3, 0.4) is 0 Å². The zero-order valence-corrected chi connectivity index (χ0v) is 61.1. The molecular formula is C78H105Cl3N12O6. The van der Waals surface area contributed by atoms with E-state index >= 15 is 0 Å². The van der Waals surface area contributed by atoms with E-state index in [1.54, 1.807) is 18.2 Å². The van der Waals surface area contributed by atoms with Crippen LogP contribution in [0.1, 0.15) is 119 Å². The molecule has 3 heterocycles. The molecule has 3 saturated heterocycles. The molecule has 0 aromatic heterocycles. The Morgan fingerprint density at radius 2 is 0.545 bits per heavy atom. The fraction of sp³-hybridized carbons (Fsp3) is 0.500. The number of para-hydroxylation sites is 9. The number of carbonyl (C=O) groups excluding carboxylic acids is 3. The fourth-order valence-corrected chi connectivity index (χ4v) is 15.2. The van der Waals surface area contributed by atoms with Gasteiger partial charge in [0.1, 0.15) is 17.2 Å². The summed E-state index contributed by atoms with van der Waals surface area (Å²) >= 11 is 18.4. The van der Waals surface area contributed by atoms with E-state index in [0.717, 1.165) is 173 Å². The molecule has 3 aliphatic carbocycles. The number of urea groups is 3. The Morgan fingerprint density at radius 3 is 0.778 bits per heavy atom. The normalized spacial score (nSPS) is 21.6. The number of nitrogens with one attached hydrogen (secondary N) is 6. The number of hydrogen-bond acceptors (Lipinski definition) is 12. The molecule has 0 atom stereocenters. The first-order valence-electron chi connectivity index (χ1n) is 36.2. The lowest BCUT2D eigenvalue weighted by atomic mass is 9.90. The first-order valence-corrected chi connectivity index (χ1v) is 37.3. The maximum Gasteiger partial charge on any atom is 0.319 e. The van der Waals surface area contributed by atoms with Crippen molar-refractivity contribution in [2.45, 2.75) is 173 Å². The Bertz CT molecular complexity index is 3130. The molecule has 6 fully saturated rings. The van der Waals surface area contributed by atoms with Gasteiger partial charge in [0.15, 0.2) is 0 Å². The van der Waals surface area contributed by atoms with Gasteiger partial charge in [-0.15, -0.1) is 0 Å². The molecule has 3 saturated carbocycles. The highest BCUT2D eigenvalue weighted by atomic mass is 35.5. The van der Waals surface area contributed by atoms with Gasteiger partial charge in [-0.3, -0.25) is 14.7 Å². The zero-order chi connectivity index (χ0) is 69.6. The Morgan fingerprint density at radius 1 is 0.323 bits per heavy atom. The number of rotatable bonds is 18. The van der Waals surface area contributed by atoms with Gasteiger partial charge in [0.05, 0.1) is 67.5 Å². The van der Waals surface area contributed by atoms with E-state index in [9.17, 15) is 14.4 Å². The van der Waals surface area contributed by atoms with Crippen LogP contribution >= 0.6 is 34.8 Å². The van der Waals surface area contributed by atoms with E-state index in [2.05, 4.69) is 157 Å². The molecule has 0 spiro atoms. The molecule has 21 heteroatoms. The van der Waals surface area contributed by atoms with Crippen molar-refractivity contribution in [1.29, 1.82) is 0 Å². The highest BCUT2D eigenvalue weighted by molar-refractivity contribution is 6.34. The molecular weight excluding hydrogens is 1310 g/mol. The molecule has 12 rings (SSSR count). The third-order valence-electron chi connectivity index (χ3n) is 19.7. The number of hydrogen-bond donors (Lipinski definition) is 6. The molecule has 6 amide bonds. The summed E-state index contributed by atoms with van der Waals surface area (Å²) < 4.78 is 18.1. The minimum absolute atomic E-state index is 0.169. The van der Waals surface area contributed by atoms with E-state index in [-0.39, 0.29) is 54.5 Å². The van der Waals surface area contributed by atoms with Crippen molar-refractivity contribution < 1.29 is 28.6 Å². The highest BCUT2D eigenvalue weighted by Crippen LogP contribution is 2.36. The molecule has 99 heavy (non-hydrogen) atoms. The summed E-state index contributed by atoms with van der Waals surface area (Å²) in [5, 5.41) is 19.6. The lowest BCUT2D eigenvalue weighted by Crippen LogP contribution is -2.52. The van der Waals surface area contributed by atoms with Crippen molar-refractivity contribution in [2.75, 3.05) is 109 Å². The number of halogens is 3. The largest absolute Gasteiger partial charge is 0.489 e. The molecule has 6 aromatic rings. The Labute approximate surface area is 603 Å². The number of carbonyl (C=O) groups is 3. The maximum absolute atomic E-state index is 12.4. The minimum atomic E-state index is -0.178. The second kappa shape index (κ2) is 37.4. The van der Waals surface area contributed by atoms with Crippen LogP contribution in [-0.4, -0.2) is 166 Å². The van der Waals surface area contributed by atoms with Crippen LogP contribution in [0, 0.1) is 0 Å². The molecule has 0 radical (unpaired) electrons. The molecule has 18 nitrogen and oxygen atoms in total. The van der Waals surface area contributed by atoms with E-state index in [1.165, 1.54) is 17.1 Å². The van der Waals surface area contributed by atoms with E-state index in [4.69, 9.17) is 49.0 Å². The van der Waals surface area contributed by atoms with Crippen molar-refractivity contribution >= 4 is 87.0 Å². The van der Waals surface area contributed by atoms with Crippen LogP contribution in [0.5, 0.6) is 17.2 Å². The summed E-state index contributed by atoms with van der Waals surface area (Å²) in [7, 11) is 0. The summed E-state index contributed by atoms with van der Waals surface area (Å²) in [5.74, 6) is 2.92. The minimum Gasteiger partial charge on any atom is -0.489 e. The van der Waals surface area contributed by atoms with Crippen LogP contribution in [0.25, 0.3) is 0 Å². The van der Waals surface area contributed by atoms with Gasteiger partial charge in [0.25, 0.3) is 0 Å². The van der Waals surface area contributed by atoms with Crippen LogP contribution in [0.4, 0.5) is 48.5 Å². The molecule has 0 unspecified atom stereocenters. The van der Waals surface area contributed by atoms with Crippen molar-refractivity contribution in [3.63, 3.8) is 0 Å². The van der Waals surface area contributed by atoms with Gasteiger partial charge in [-0.1, -0.05) is 108 Å². The predicted molar refractivity (Wildman–Crippen MR) is 407 cm³/mol. The van der Waals surface area contributed by atoms with E-state index in [1.807, 2.05) is 72.8 Å². The lowest BCUT2D eigenvalue weighted by Gasteiger charge is -2.43. The second-order valence-electron chi connectivity index (χ2n) is 27.7. The Hall–Kier alpha value is -7.32. The molecule has 6 N–H and O–H groups in total. The van der Waals surface area contributed by atoms with Gasteiger partial charge >= 0.3 is 18.1 Å². The Kier molecular flexibility index (Phi) is 28.1. The zero-order valence-electron chi connectivity index (χ0n) is 58.8. The maximum atomic E-state index is 12.4. The summed E-state index contributed by atoms with van der Waals surface area (Å²) in [5.41, 5.74) is 5.52. The number of nitrogens with zero attached hydrogens (tertiary/aromatic N) is 6. The lowest BCUT2D eigenvalue weighted by molar-refractivity contribution is 0.137. The SMILES string of the molecule is CC(C)Oc1ccccc1N1CCN(C2CCC(NC(=O)Nc3ccccc3Cl)CC2)CC1.CC(C)Oc1ccccc1N1CCN(C2CCC(NC(=O)Nc3ccccc3Cl)CC2)CC1.CC(C)Oc1ccccc1N1CCN(C2CCC(NC(=O)Nc3ccccc3Cl)CC2)CC1. The molecule has 534 valence electrons. The summed E-state index contributed by atoms with van der Waals surface area (Å²) in [4.78, 5) is 52.3. The van der Waals surface area contributed by atoms with E-state index < -0.39 is 0 Å². The van der Waals surface area contributed by atoms with Gasteiger partial charge in [-0.25, -0.2) is 14.4 Å². The summed E-state index contributed by atoms with van der Waals surface area (Å²) in [6.45, 7) is 24.9. The van der Waals surface area contributed by atoms with Crippen molar-refractivity contribution in [3.8, 4) is 17.2 Å². The standard InChI is InChI=1S/3C26H35ClN4O2/c3*1-19(2)33-25-10-6-5-9-24(25)31-17-15-30(16-18-31)21-13-11-20(12-14-21)28-26(32)29-23-8-4-3-7-22(23)27/h3*3-10,19-21H,11-18H2,1-2H3,(H2,28,29,32). The third-order valence-corrected chi connectivity index (χ3v) is 20.6. The molecule has 0 bridgehead atoms. The van der Waals surface area contributed by atoms with Crippen molar-refractivity contribution in [2.24, 2.45) is 0 Å². The topological polar surface area (TPSA) is 171 Å². The average Bonchev–Trinajstić information content (AvgIpc) is 0.840. The second-order valence-corrected chi connectivity index (χ2v) is 28.9. The summed E-state index contributed by atoms with van der Waals surface area (Å²) in [6, 6.07) is 48.9. The number of piperazine rings is 3. The molecule has 3 aliphatic heterocycles. The van der Waals surface area contributed by atoms with Crippen molar-refractivity contribution in [1.82, 2.24) is 30.7 Å². The Balaban J connectivity index is 0.000000161. The van der Waals surface area contributed by atoms with Gasteiger partial charge in [0, 0.05) is 115 Å². The van der Waals surface area contributed by atoms with Crippen LogP contribution in [0.2, 0.25) is 15.1 Å². The van der Waals surface area contributed by atoms with Crippen LogP contribution < -0.4 is 60.8 Å². The smallest absolute Gasteiger partial charge is 0.319 e. The van der Waals surface area contributed by atoms with Crippen molar-refractivity contribution in [3.05, 3.63) is 161 Å². The van der Waals surface area contributed by atoms with Gasteiger partial charge in [-0.05, 0) is 191 Å². The fourth-order valence-electron chi connectivity index (χ4n) is 14.7. The van der Waals surface area contributed by atoms with Gasteiger partial charge < -0.3 is 60.8 Å². The summed E-state index contributed by atoms with van der Waals surface area (Å²) in [6.07, 6.45) is 13.2. The van der Waals surface area contributed by atoms with Gasteiger partial charge in [0.2, 0.25) is 0 Å². The number of amides is 6. The molecule has 6 aromatic carbocycles. The number of ether oxygens (including phenoxy) is 3. The predicted octanol–water partition coefficient (Wildman–Crippen LogP) is 16.1. The number of benzene rings is 6.